The molecule has 2 rings (SSSR count). The van der Waals surface area contributed by atoms with Gasteiger partial charge in [-0.25, -0.2) is 0 Å². The van der Waals surface area contributed by atoms with Crippen LogP contribution >= 0.6 is 0 Å². The monoisotopic (exact) mass is 250 g/mol. The van der Waals surface area contributed by atoms with Gasteiger partial charge in [0.15, 0.2) is 0 Å². The predicted octanol–water partition coefficient (Wildman–Crippen LogP) is 1.64. The van der Waals surface area contributed by atoms with Crippen molar-refractivity contribution in [3.05, 3.63) is 24.3 Å². The number of likely N-dealkylation sites (N-methyl/N-ethyl adjacent to an activating group) is 1. The van der Waals surface area contributed by atoms with Crippen molar-refractivity contribution in [1.29, 1.82) is 0 Å². The van der Waals surface area contributed by atoms with Crippen molar-refractivity contribution in [2.24, 2.45) is 5.73 Å². The fourth-order valence-corrected chi connectivity index (χ4v) is 2.68. The Balaban J connectivity index is 2.25. The summed E-state index contributed by atoms with van der Waals surface area (Å²) < 4.78 is 10.9. The van der Waals surface area contributed by atoms with Crippen LogP contribution in [0.25, 0.3) is 0 Å². The minimum atomic E-state index is -0.103. The number of nitrogens with two attached hydrogens (primary N) is 1. The summed E-state index contributed by atoms with van der Waals surface area (Å²) in [4.78, 5) is 2.24. The first-order chi connectivity index (χ1) is 8.64. The number of nitrogens with zero attached hydrogens (tertiary/aromatic N) is 1. The maximum Gasteiger partial charge on any atom is 0.119 e. The van der Waals surface area contributed by atoms with Crippen LogP contribution < -0.4 is 15.4 Å². The zero-order chi connectivity index (χ0) is 13.2. The lowest BCUT2D eigenvalue weighted by molar-refractivity contribution is 0.0961. The molecule has 4 heteroatoms. The summed E-state index contributed by atoms with van der Waals surface area (Å²) in [5.74, 6) is 0.865. The second kappa shape index (κ2) is 5.16. The number of methoxy groups -OCH3 is 1. The summed E-state index contributed by atoms with van der Waals surface area (Å²) in [5.41, 5.74) is 7.04. The summed E-state index contributed by atoms with van der Waals surface area (Å²) in [6.45, 7) is 3.47. The van der Waals surface area contributed by atoms with Crippen molar-refractivity contribution in [2.45, 2.75) is 25.0 Å². The predicted molar refractivity (Wildman–Crippen MR) is 73.2 cm³/mol. The maximum absolute atomic E-state index is 6.01. The molecule has 0 aromatic heterocycles. The number of hydrogen-bond donors (Lipinski definition) is 1. The molecule has 1 aromatic rings. The van der Waals surface area contributed by atoms with Gasteiger partial charge in [-0.05, 0) is 37.6 Å². The van der Waals surface area contributed by atoms with E-state index < -0.39 is 0 Å². The highest BCUT2D eigenvalue weighted by molar-refractivity contribution is 5.51. The lowest BCUT2D eigenvalue weighted by atomic mass is 9.89. The molecule has 1 heterocycles. The van der Waals surface area contributed by atoms with Crippen LogP contribution in [-0.2, 0) is 4.74 Å². The Morgan fingerprint density at radius 2 is 2.11 bits per heavy atom. The molecule has 1 aliphatic rings. The van der Waals surface area contributed by atoms with Crippen molar-refractivity contribution in [3.63, 3.8) is 0 Å². The summed E-state index contributed by atoms with van der Waals surface area (Å²) in [5, 5.41) is 0. The van der Waals surface area contributed by atoms with Gasteiger partial charge in [0.2, 0.25) is 0 Å². The Morgan fingerprint density at radius 3 is 2.56 bits per heavy atom. The minimum absolute atomic E-state index is 0.103. The van der Waals surface area contributed by atoms with E-state index in [0.717, 1.165) is 24.5 Å². The Kier molecular flexibility index (Phi) is 3.78. The lowest BCUT2D eigenvalue weighted by Crippen LogP contribution is -2.57. The van der Waals surface area contributed by atoms with Crippen LogP contribution in [-0.4, -0.2) is 39.0 Å². The van der Waals surface area contributed by atoms with Gasteiger partial charge < -0.3 is 20.1 Å². The molecule has 1 aromatic carbocycles. The standard InChI is InChI=1S/C14H22N2O2/c1-11-14(10-15,8-9-18-11)16(2)12-4-6-13(17-3)7-5-12/h4-7,11H,8-10,15H2,1-3H3. The van der Waals surface area contributed by atoms with E-state index in [-0.39, 0.29) is 11.6 Å². The largest absolute Gasteiger partial charge is 0.497 e. The molecule has 100 valence electrons. The van der Waals surface area contributed by atoms with Gasteiger partial charge in [-0.3, -0.25) is 0 Å². The molecule has 0 bridgehead atoms. The van der Waals surface area contributed by atoms with E-state index in [9.17, 15) is 0 Å². The average molecular weight is 250 g/mol. The van der Waals surface area contributed by atoms with E-state index in [1.807, 2.05) is 12.1 Å². The summed E-state index contributed by atoms with van der Waals surface area (Å²) >= 11 is 0. The molecule has 0 radical (unpaired) electrons. The van der Waals surface area contributed by atoms with Gasteiger partial charge in [0.1, 0.15) is 5.75 Å². The second-order valence-corrected chi connectivity index (χ2v) is 4.83. The van der Waals surface area contributed by atoms with Gasteiger partial charge in [-0.2, -0.15) is 0 Å². The SMILES string of the molecule is COc1ccc(N(C)C2(CN)CCOC2C)cc1. The molecular formula is C14H22N2O2. The third-order valence-corrected chi connectivity index (χ3v) is 4.14. The highest BCUT2D eigenvalue weighted by Crippen LogP contribution is 2.34. The molecule has 1 aliphatic heterocycles. The van der Waals surface area contributed by atoms with Crippen LogP contribution in [0.3, 0.4) is 0 Å². The van der Waals surface area contributed by atoms with E-state index in [0.29, 0.717) is 6.54 Å². The van der Waals surface area contributed by atoms with Gasteiger partial charge >= 0.3 is 0 Å². The zero-order valence-corrected chi connectivity index (χ0v) is 11.3. The molecule has 0 aliphatic carbocycles. The molecule has 18 heavy (non-hydrogen) atoms. The Labute approximate surface area is 109 Å². The van der Waals surface area contributed by atoms with E-state index in [2.05, 4.69) is 31.0 Å². The van der Waals surface area contributed by atoms with E-state index in [1.165, 1.54) is 0 Å². The molecule has 2 atom stereocenters. The summed E-state index contributed by atoms with van der Waals surface area (Å²) in [6, 6.07) is 8.05. The average Bonchev–Trinajstić information content (AvgIpc) is 2.80. The molecular weight excluding hydrogens is 228 g/mol. The van der Waals surface area contributed by atoms with Crippen LogP contribution in [0.15, 0.2) is 24.3 Å². The van der Waals surface area contributed by atoms with Gasteiger partial charge in [-0.1, -0.05) is 0 Å². The van der Waals surface area contributed by atoms with Gasteiger partial charge in [0.25, 0.3) is 0 Å². The van der Waals surface area contributed by atoms with E-state index in [1.54, 1.807) is 7.11 Å². The number of rotatable bonds is 4. The van der Waals surface area contributed by atoms with Crippen LogP contribution in [0, 0.1) is 0 Å². The van der Waals surface area contributed by atoms with Crippen LogP contribution in [0.2, 0.25) is 0 Å². The smallest absolute Gasteiger partial charge is 0.119 e. The van der Waals surface area contributed by atoms with Crippen molar-refractivity contribution < 1.29 is 9.47 Å². The first kappa shape index (κ1) is 13.2. The summed E-state index contributed by atoms with van der Waals surface area (Å²) in [6.07, 6.45) is 1.11. The summed E-state index contributed by atoms with van der Waals surface area (Å²) in [7, 11) is 3.76. The van der Waals surface area contributed by atoms with Gasteiger partial charge in [0.05, 0.1) is 18.8 Å². The quantitative estimate of drug-likeness (QED) is 0.882. The molecule has 2 unspecified atom stereocenters. The maximum atomic E-state index is 6.01. The topological polar surface area (TPSA) is 47.7 Å². The number of anilines is 1. The second-order valence-electron chi connectivity index (χ2n) is 4.83. The third-order valence-electron chi connectivity index (χ3n) is 4.14. The van der Waals surface area contributed by atoms with E-state index in [4.69, 9.17) is 15.2 Å². The number of benzene rings is 1. The van der Waals surface area contributed by atoms with Crippen molar-refractivity contribution >= 4 is 5.69 Å². The van der Waals surface area contributed by atoms with Gasteiger partial charge in [0, 0.05) is 25.9 Å². The minimum Gasteiger partial charge on any atom is -0.497 e. The third kappa shape index (κ3) is 2.06. The molecule has 1 saturated heterocycles. The van der Waals surface area contributed by atoms with Crippen LogP contribution in [0.4, 0.5) is 5.69 Å². The Bertz CT molecular complexity index is 393. The molecule has 4 nitrogen and oxygen atoms in total. The number of ether oxygens (including phenoxy) is 2. The first-order valence-corrected chi connectivity index (χ1v) is 6.33. The molecule has 0 amide bonds. The Hall–Kier alpha value is -1.26. The zero-order valence-electron chi connectivity index (χ0n) is 11.3. The fourth-order valence-electron chi connectivity index (χ4n) is 2.68. The highest BCUT2D eigenvalue weighted by Gasteiger charge is 2.43. The highest BCUT2D eigenvalue weighted by atomic mass is 16.5. The fraction of sp³-hybridized carbons (Fsp3) is 0.571. The van der Waals surface area contributed by atoms with Crippen LogP contribution in [0.5, 0.6) is 5.75 Å². The molecule has 2 N–H and O–H groups in total. The van der Waals surface area contributed by atoms with Crippen molar-refractivity contribution in [1.82, 2.24) is 0 Å². The lowest BCUT2D eigenvalue weighted by Gasteiger charge is -2.41. The normalized spacial score (nSPS) is 27.2. The number of hydrogen-bond acceptors (Lipinski definition) is 4. The van der Waals surface area contributed by atoms with Gasteiger partial charge in [-0.15, -0.1) is 0 Å². The molecule has 0 spiro atoms. The first-order valence-electron chi connectivity index (χ1n) is 6.33. The molecule has 0 saturated carbocycles. The van der Waals surface area contributed by atoms with Crippen molar-refractivity contribution in [3.8, 4) is 5.75 Å². The Morgan fingerprint density at radius 1 is 1.44 bits per heavy atom. The van der Waals surface area contributed by atoms with E-state index >= 15 is 0 Å². The molecule has 1 fully saturated rings. The van der Waals surface area contributed by atoms with Crippen LogP contribution in [0.1, 0.15) is 13.3 Å². The van der Waals surface area contributed by atoms with Crippen molar-refractivity contribution in [2.75, 3.05) is 32.2 Å².